The van der Waals surface area contributed by atoms with Crippen LogP contribution in [0.4, 0.5) is 0 Å². The third kappa shape index (κ3) is 2.11. The first-order valence-corrected chi connectivity index (χ1v) is 6.66. The fraction of sp³-hybridized carbons (Fsp3) is 0.375. The average Bonchev–Trinajstić information content (AvgIpc) is 2.34. The topological polar surface area (TPSA) is 56.5 Å². The van der Waals surface area contributed by atoms with Gasteiger partial charge in [-0.25, -0.2) is 4.79 Å². The van der Waals surface area contributed by atoms with Crippen LogP contribution < -0.4 is 10.4 Å². The van der Waals surface area contributed by atoms with E-state index >= 15 is 0 Å². The van der Waals surface area contributed by atoms with Crippen molar-refractivity contribution in [1.82, 2.24) is 0 Å². The molecule has 4 nitrogen and oxygen atoms in total. The minimum atomic E-state index is -0.597. The molecule has 0 fully saturated rings. The highest BCUT2D eigenvalue weighted by molar-refractivity contribution is 5.96. The predicted octanol–water partition coefficient (Wildman–Crippen LogP) is 3.10. The standard InChI is InChI=1S/C16H16O4/c1-9(17)12-7-11-6-10-4-5-16(2,3)20-14(10)8-13(11)19-15(12)18/h6-8H,4-5H2,1-3H3. The lowest BCUT2D eigenvalue weighted by atomic mass is 9.93. The average molecular weight is 272 g/mol. The molecule has 2 heterocycles. The number of hydrogen-bond donors (Lipinski definition) is 0. The summed E-state index contributed by atoms with van der Waals surface area (Å²) < 4.78 is 11.1. The van der Waals surface area contributed by atoms with E-state index in [0.717, 1.165) is 29.5 Å². The van der Waals surface area contributed by atoms with Crippen LogP contribution in [0.25, 0.3) is 11.0 Å². The lowest BCUT2D eigenvalue weighted by Crippen LogP contribution is -2.32. The maximum absolute atomic E-state index is 11.7. The Morgan fingerprint density at radius 3 is 2.70 bits per heavy atom. The van der Waals surface area contributed by atoms with Crippen LogP contribution in [-0.2, 0) is 6.42 Å². The van der Waals surface area contributed by atoms with E-state index in [1.54, 1.807) is 12.1 Å². The predicted molar refractivity (Wildman–Crippen MR) is 75.5 cm³/mol. The molecule has 0 radical (unpaired) electrons. The van der Waals surface area contributed by atoms with Crippen molar-refractivity contribution in [3.8, 4) is 5.75 Å². The summed E-state index contributed by atoms with van der Waals surface area (Å²) in [5.41, 5.74) is 0.825. The lowest BCUT2D eigenvalue weighted by molar-refractivity contribution is 0.0848. The minimum absolute atomic E-state index is 0.0921. The molecule has 1 aromatic heterocycles. The summed E-state index contributed by atoms with van der Waals surface area (Å²) in [6, 6.07) is 5.29. The van der Waals surface area contributed by atoms with Crippen LogP contribution in [0.15, 0.2) is 27.4 Å². The van der Waals surface area contributed by atoms with E-state index in [-0.39, 0.29) is 16.9 Å². The molecule has 104 valence electrons. The molecule has 1 aliphatic heterocycles. The molecule has 1 aromatic carbocycles. The molecule has 0 saturated heterocycles. The largest absolute Gasteiger partial charge is 0.487 e. The molecular formula is C16H16O4. The van der Waals surface area contributed by atoms with Gasteiger partial charge in [0, 0.05) is 11.5 Å². The third-order valence-corrected chi connectivity index (χ3v) is 3.68. The first-order chi connectivity index (χ1) is 9.35. The second kappa shape index (κ2) is 4.20. The van der Waals surface area contributed by atoms with Crippen LogP contribution in [0.5, 0.6) is 5.75 Å². The third-order valence-electron chi connectivity index (χ3n) is 3.68. The zero-order valence-corrected chi connectivity index (χ0v) is 11.8. The number of fused-ring (bicyclic) bond motifs is 2. The monoisotopic (exact) mass is 272 g/mol. The number of rotatable bonds is 1. The van der Waals surface area contributed by atoms with Crippen LogP contribution in [0.2, 0.25) is 0 Å². The molecule has 0 bridgehead atoms. The molecule has 0 N–H and O–H groups in total. The molecule has 0 spiro atoms. The van der Waals surface area contributed by atoms with E-state index in [2.05, 4.69) is 0 Å². The van der Waals surface area contributed by atoms with E-state index in [1.807, 2.05) is 19.9 Å². The normalized spacial score (nSPS) is 16.6. The maximum Gasteiger partial charge on any atom is 0.347 e. The van der Waals surface area contributed by atoms with Crippen molar-refractivity contribution in [2.24, 2.45) is 0 Å². The molecule has 0 atom stereocenters. The van der Waals surface area contributed by atoms with Crippen molar-refractivity contribution in [3.05, 3.63) is 39.7 Å². The number of carbonyl (C=O) groups is 1. The molecule has 3 rings (SSSR count). The summed E-state index contributed by atoms with van der Waals surface area (Å²) in [5, 5.41) is 0.761. The van der Waals surface area contributed by atoms with Crippen LogP contribution in [-0.4, -0.2) is 11.4 Å². The summed E-state index contributed by atoms with van der Waals surface area (Å²) in [4.78, 5) is 23.1. The van der Waals surface area contributed by atoms with Crippen LogP contribution in [0, 0.1) is 0 Å². The van der Waals surface area contributed by atoms with E-state index in [1.165, 1.54) is 6.92 Å². The van der Waals surface area contributed by atoms with Gasteiger partial charge in [-0.1, -0.05) is 0 Å². The Morgan fingerprint density at radius 2 is 2.00 bits per heavy atom. The summed E-state index contributed by atoms with van der Waals surface area (Å²) in [5.74, 6) is 0.475. The number of aryl methyl sites for hydroxylation is 1. The van der Waals surface area contributed by atoms with Gasteiger partial charge in [-0.3, -0.25) is 4.79 Å². The van der Waals surface area contributed by atoms with Crippen molar-refractivity contribution in [2.75, 3.05) is 0 Å². The molecule has 2 aromatic rings. The molecule has 0 saturated carbocycles. The van der Waals surface area contributed by atoms with Gasteiger partial charge < -0.3 is 9.15 Å². The molecule has 0 unspecified atom stereocenters. The van der Waals surface area contributed by atoms with E-state index in [4.69, 9.17) is 9.15 Å². The highest BCUT2D eigenvalue weighted by Crippen LogP contribution is 2.35. The molecule has 1 aliphatic rings. The van der Waals surface area contributed by atoms with Crippen LogP contribution in [0.3, 0.4) is 0 Å². The van der Waals surface area contributed by atoms with Crippen molar-refractivity contribution >= 4 is 16.8 Å². The van der Waals surface area contributed by atoms with Gasteiger partial charge in [0.2, 0.25) is 0 Å². The van der Waals surface area contributed by atoms with Gasteiger partial charge in [0.05, 0.1) is 0 Å². The number of ether oxygens (including phenoxy) is 1. The Hall–Kier alpha value is -2.10. The Labute approximate surface area is 116 Å². The second-order valence-electron chi connectivity index (χ2n) is 5.86. The summed E-state index contributed by atoms with van der Waals surface area (Å²) >= 11 is 0. The first kappa shape index (κ1) is 12.9. The van der Waals surface area contributed by atoms with Gasteiger partial charge in [0.15, 0.2) is 5.78 Å². The highest BCUT2D eigenvalue weighted by atomic mass is 16.5. The lowest BCUT2D eigenvalue weighted by Gasteiger charge is -2.32. The number of hydrogen-bond acceptors (Lipinski definition) is 4. The zero-order chi connectivity index (χ0) is 14.5. The van der Waals surface area contributed by atoms with E-state index in [9.17, 15) is 9.59 Å². The Bertz CT molecular complexity index is 768. The van der Waals surface area contributed by atoms with Crippen LogP contribution in [0.1, 0.15) is 43.1 Å². The smallest absolute Gasteiger partial charge is 0.347 e. The Kier molecular flexibility index (Phi) is 2.71. The van der Waals surface area contributed by atoms with Gasteiger partial charge in [-0.15, -0.1) is 0 Å². The number of benzene rings is 1. The summed E-state index contributed by atoms with van der Waals surface area (Å²) in [6.45, 7) is 5.44. The fourth-order valence-corrected chi connectivity index (χ4v) is 2.52. The van der Waals surface area contributed by atoms with Crippen molar-refractivity contribution in [1.29, 1.82) is 0 Å². The quantitative estimate of drug-likeness (QED) is 0.591. The zero-order valence-electron chi connectivity index (χ0n) is 11.8. The Balaban J connectivity index is 2.21. The molecule has 0 amide bonds. The van der Waals surface area contributed by atoms with Gasteiger partial charge in [0.25, 0.3) is 0 Å². The fourth-order valence-electron chi connectivity index (χ4n) is 2.52. The van der Waals surface area contributed by atoms with E-state index < -0.39 is 5.63 Å². The number of Topliss-reactive ketones (excluding diaryl/α,β-unsaturated/α-hetero) is 1. The van der Waals surface area contributed by atoms with Gasteiger partial charge in [-0.05, 0) is 51.3 Å². The van der Waals surface area contributed by atoms with Gasteiger partial charge in [-0.2, -0.15) is 0 Å². The van der Waals surface area contributed by atoms with Crippen molar-refractivity contribution in [2.45, 2.75) is 39.2 Å². The minimum Gasteiger partial charge on any atom is -0.487 e. The molecular weight excluding hydrogens is 256 g/mol. The van der Waals surface area contributed by atoms with Crippen molar-refractivity contribution in [3.63, 3.8) is 0 Å². The SMILES string of the molecule is CC(=O)c1cc2cc3c(cc2oc1=O)OC(C)(C)CC3. The molecule has 0 aliphatic carbocycles. The number of carbonyl (C=O) groups excluding carboxylic acids is 1. The maximum atomic E-state index is 11.7. The molecule has 20 heavy (non-hydrogen) atoms. The van der Waals surface area contributed by atoms with E-state index in [0.29, 0.717) is 5.58 Å². The summed E-state index contributed by atoms with van der Waals surface area (Å²) in [7, 11) is 0. The summed E-state index contributed by atoms with van der Waals surface area (Å²) in [6.07, 6.45) is 1.84. The first-order valence-electron chi connectivity index (χ1n) is 6.66. The molecule has 4 heteroatoms. The van der Waals surface area contributed by atoms with Crippen LogP contribution >= 0.6 is 0 Å². The Morgan fingerprint density at radius 1 is 1.25 bits per heavy atom. The van der Waals surface area contributed by atoms with Gasteiger partial charge >= 0.3 is 5.63 Å². The highest BCUT2D eigenvalue weighted by Gasteiger charge is 2.27. The number of ketones is 1. The second-order valence-corrected chi connectivity index (χ2v) is 5.86. The van der Waals surface area contributed by atoms with Crippen molar-refractivity contribution < 1.29 is 13.9 Å². The van der Waals surface area contributed by atoms with Gasteiger partial charge in [0.1, 0.15) is 22.5 Å².